The molecule has 1 nitrogen and oxygen atoms in total. The standard InChI is InChI=1S/C13H20ClN/c1-9(2)11(4)13(14)7-12-6-5-10(3)8-15-12/h5-6,8-9,11,13H,7H2,1-4H3. The van der Waals surface area contributed by atoms with Crippen molar-refractivity contribution in [3.63, 3.8) is 0 Å². The predicted molar refractivity (Wildman–Crippen MR) is 66.3 cm³/mol. The van der Waals surface area contributed by atoms with Crippen LogP contribution in [0.4, 0.5) is 0 Å². The maximum absolute atomic E-state index is 6.36. The van der Waals surface area contributed by atoms with Gasteiger partial charge in [0.2, 0.25) is 0 Å². The zero-order chi connectivity index (χ0) is 11.4. The van der Waals surface area contributed by atoms with E-state index in [1.807, 2.05) is 13.1 Å². The Labute approximate surface area is 97.9 Å². The van der Waals surface area contributed by atoms with Gasteiger partial charge in [-0.15, -0.1) is 11.6 Å². The lowest BCUT2D eigenvalue weighted by atomic mass is 9.92. The number of hydrogen-bond donors (Lipinski definition) is 0. The Morgan fingerprint density at radius 1 is 1.27 bits per heavy atom. The molecule has 2 heteroatoms. The number of aromatic nitrogens is 1. The van der Waals surface area contributed by atoms with Crippen LogP contribution < -0.4 is 0 Å². The molecule has 1 heterocycles. The van der Waals surface area contributed by atoms with Crippen LogP contribution in [0.5, 0.6) is 0 Å². The van der Waals surface area contributed by atoms with E-state index in [9.17, 15) is 0 Å². The number of alkyl halides is 1. The van der Waals surface area contributed by atoms with E-state index in [4.69, 9.17) is 11.6 Å². The first-order valence-electron chi connectivity index (χ1n) is 5.56. The van der Waals surface area contributed by atoms with Crippen molar-refractivity contribution in [3.05, 3.63) is 29.6 Å². The normalized spacial score (nSPS) is 15.3. The van der Waals surface area contributed by atoms with Gasteiger partial charge in [-0.2, -0.15) is 0 Å². The second-order valence-corrected chi connectivity index (χ2v) is 5.21. The Balaban J connectivity index is 2.58. The lowest BCUT2D eigenvalue weighted by Crippen LogP contribution is -2.20. The minimum Gasteiger partial charge on any atom is -0.261 e. The maximum Gasteiger partial charge on any atom is 0.0419 e. The second kappa shape index (κ2) is 5.50. The Bertz CT molecular complexity index is 292. The molecule has 0 aromatic carbocycles. The summed E-state index contributed by atoms with van der Waals surface area (Å²) in [5.41, 5.74) is 2.29. The van der Waals surface area contributed by atoms with Crippen molar-refractivity contribution in [1.82, 2.24) is 4.98 Å². The van der Waals surface area contributed by atoms with Crippen LogP contribution in [-0.4, -0.2) is 10.4 Å². The van der Waals surface area contributed by atoms with Crippen LogP contribution in [0.25, 0.3) is 0 Å². The molecule has 0 N–H and O–H groups in total. The maximum atomic E-state index is 6.36. The van der Waals surface area contributed by atoms with Crippen LogP contribution in [0, 0.1) is 18.8 Å². The summed E-state index contributed by atoms with van der Waals surface area (Å²) in [6.07, 6.45) is 2.76. The summed E-state index contributed by atoms with van der Waals surface area (Å²) in [6, 6.07) is 4.16. The summed E-state index contributed by atoms with van der Waals surface area (Å²) >= 11 is 6.36. The molecule has 0 aliphatic carbocycles. The molecule has 0 amide bonds. The third-order valence-corrected chi connectivity index (χ3v) is 3.55. The highest BCUT2D eigenvalue weighted by Crippen LogP contribution is 2.22. The van der Waals surface area contributed by atoms with Gasteiger partial charge in [-0.3, -0.25) is 4.98 Å². The van der Waals surface area contributed by atoms with Crippen LogP contribution in [0.15, 0.2) is 18.3 Å². The van der Waals surface area contributed by atoms with Crippen LogP contribution in [0.3, 0.4) is 0 Å². The van der Waals surface area contributed by atoms with Crippen molar-refractivity contribution >= 4 is 11.6 Å². The third-order valence-electron chi connectivity index (χ3n) is 3.00. The van der Waals surface area contributed by atoms with Crippen molar-refractivity contribution < 1.29 is 0 Å². The molecule has 84 valence electrons. The summed E-state index contributed by atoms with van der Waals surface area (Å²) in [6.45, 7) is 8.67. The minimum atomic E-state index is 0.181. The topological polar surface area (TPSA) is 12.9 Å². The van der Waals surface area contributed by atoms with Crippen LogP contribution in [0.1, 0.15) is 32.0 Å². The molecule has 15 heavy (non-hydrogen) atoms. The van der Waals surface area contributed by atoms with Crippen LogP contribution >= 0.6 is 11.6 Å². The van der Waals surface area contributed by atoms with Gasteiger partial charge in [0.25, 0.3) is 0 Å². The molecule has 1 aromatic heterocycles. The number of pyridine rings is 1. The molecule has 0 radical (unpaired) electrons. The lowest BCUT2D eigenvalue weighted by Gasteiger charge is -2.21. The fraction of sp³-hybridized carbons (Fsp3) is 0.615. The predicted octanol–water partition coefficient (Wildman–Crippen LogP) is 3.83. The molecule has 2 atom stereocenters. The summed E-state index contributed by atoms with van der Waals surface area (Å²) < 4.78 is 0. The van der Waals surface area contributed by atoms with Gasteiger partial charge >= 0.3 is 0 Å². The first-order chi connectivity index (χ1) is 7.00. The zero-order valence-electron chi connectivity index (χ0n) is 10.00. The van der Waals surface area contributed by atoms with E-state index in [-0.39, 0.29) is 5.38 Å². The van der Waals surface area contributed by atoms with Crippen molar-refractivity contribution in [1.29, 1.82) is 0 Å². The molecule has 2 unspecified atom stereocenters. The molecule has 0 aliphatic rings. The molecule has 1 aromatic rings. The SMILES string of the molecule is Cc1ccc(CC(Cl)C(C)C(C)C)nc1. The molecular formula is C13H20ClN. The Morgan fingerprint density at radius 2 is 1.93 bits per heavy atom. The molecule has 0 aliphatic heterocycles. The summed E-state index contributed by atoms with van der Waals surface area (Å²) in [7, 11) is 0. The van der Waals surface area contributed by atoms with E-state index in [2.05, 4.69) is 37.9 Å². The highest BCUT2D eigenvalue weighted by atomic mass is 35.5. The van der Waals surface area contributed by atoms with Crippen molar-refractivity contribution in [2.45, 2.75) is 39.5 Å². The Morgan fingerprint density at radius 3 is 2.40 bits per heavy atom. The van der Waals surface area contributed by atoms with Gasteiger partial charge < -0.3 is 0 Å². The average Bonchev–Trinajstić information content (AvgIpc) is 2.20. The van der Waals surface area contributed by atoms with Gasteiger partial charge in [-0.05, 0) is 30.4 Å². The number of halogens is 1. The van der Waals surface area contributed by atoms with Gasteiger partial charge in [0.15, 0.2) is 0 Å². The molecule has 0 bridgehead atoms. The number of rotatable bonds is 4. The van der Waals surface area contributed by atoms with Crippen LogP contribution in [0.2, 0.25) is 0 Å². The highest BCUT2D eigenvalue weighted by molar-refractivity contribution is 6.20. The van der Waals surface area contributed by atoms with E-state index < -0.39 is 0 Å². The van der Waals surface area contributed by atoms with E-state index in [0.717, 1.165) is 12.1 Å². The minimum absolute atomic E-state index is 0.181. The molecule has 0 fully saturated rings. The number of nitrogens with zero attached hydrogens (tertiary/aromatic N) is 1. The van der Waals surface area contributed by atoms with Gasteiger partial charge in [-0.25, -0.2) is 0 Å². The fourth-order valence-corrected chi connectivity index (χ4v) is 1.87. The Kier molecular flexibility index (Phi) is 4.59. The summed E-state index contributed by atoms with van der Waals surface area (Å²) in [4.78, 5) is 4.38. The monoisotopic (exact) mass is 225 g/mol. The smallest absolute Gasteiger partial charge is 0.0419 e. The van der Waals surface area contributed by atoms with Gasteiger partial charge in [0.05, 0.1) is 0 Å². The molecule has 0 saturated carbocycles. The van der Waals surface area contributed by atoms with Gasteiger partial charge in [0.1, 0.15) is 0 Å². The molecule has 0 saturated heterocycles. The van der Waals surface area contributed by atoms with Gasteiger partial charge in [-0.1, -0.05) is 26.8 Å². The van der Waals surface area contributed by atoms with E-state index in [1.54, 1.807) is 0 Å². The zero-order valence-corrected chi connectivity index (χ0v) is 10.8. The van der Waals surface area contributed by atoms with Crippen LogP contribution in [-0.2, 0) is 6.42 Å². The fourth-order valence-electron chi connectivity index (χ4n) is 1.42. The third kappa shape index (κ3) is 3.83. The molecular weight excluding hydrogens is 206 g/mol. The van der Waals surface area contributed by atoms with E-state index in [1.165, 1.54) is 5.56 Å². The average molecular weight is 226 g/mol. The largest absolute Gasteiger partial charge is 0.261 e. The first-order valence-corrected chi connectivity index (χ1v) is 6.00. The quantitative estimate of drug-likeness (QED) is 0.710. The molecule has 1 rings (SSSR count). The first kappa shape index (κ1) is 12.5. The Hall–Kier alpha value is -0.560. The van der Waals surface area contributed by atoms with Crippen molar-refractivity contribution in [2.75, 3.05) is 0 Å². The van der Waals surface area contributed by atoms with E-state index in [0.29, 0.717) is 11.8 Å². The summed E-state index contributed by atoms with van der Waals surface area (Å²) in [5.74, 6) is 1.15. The van der Waals surface area contributed by atoms with E-state index >= 15 is 0 Å². The second-order valence-electron chi connectivity index (χ2n) is 4.65. The van der Waals surface area contributed by atoms with Crippen molar-refractivity contribution in [2.24, 2.45) is 11.8 Å². The number of aryl methyl sites for hydroxylation is 1. The molecule has 0 spiro atoms. The lowest BCUT2D eigenvalue weighted by molar-refractivity contribution is 0.397. The number of hydrogen-bond acceptors (Lipinski definition) is 1. The van der Waals surface area contributed by atoms with Crippen molar-refractivity contribution in [3.8, 4) is 0 Å². The summed E-state index contributed by atoms with van der Waals surface area (Å²) in [5, 5.41) is 0.181. The highest BCUT2D eigenvalue weighted by Gasteiger charge is 2.18. The van der Waals surface area contributed by atoms with Gasteiger partial charge in [0, 0.05) is 23.7 Å².